The van der Waals surface area contributed by atoms with E-state index in [1.54, 1.807) is 0 Å². The van der Waals surface area contributed by atoms with Crippen LogP contribution in [0.25, 0.3) is 0 Å². The van der Waals surface area contributed by atoms with E-state index in [-0.39, 0.29) is 12.2 Å². The van der Waals surface area contributed by atoms with Crippen LogP contribution in [0.2, 0.25) is 5.02 Å². The van der Waals surface area contributed by atoms with Crippen molar-refractivity contribution in [1.82, 2.24) is 16.0 Å². The van der Waals surface area contributed by atoms with Crippen molar-refractivity contribution in [2.45, 2.75) is 19.5 Å². The summed E-state index contributed by atoms with van der Waals surface area (Å²) < 4.78 is 0. The van der Waals surface area contributed by atoms with Crippen molar-refractivity contribution >= 4 is 11.6 Å². The maximum atomic E-state index is 6.14. The van der Waals surface area contributed by atoms with Gasteiger partial charge < -0.3 is 6.15 Å². The molecule has 1 heterocycles. The third kappa shape index (κ3) is 5.46. The summed E-state index contributed by atoms with van der Waals surface area (Å²) in [5, 5.41) is 0.790. The maximum absolute atomic E-state index is 6.14. The second-order valence-electron chi connectivity index (χ2n) is 7.67. The average molecular weight is 408 g/mol. The Morgan fingerprint density at radius 1 is 0.793 bits per heavy atom. The molecule has 0 amide bonds. The minimum atomic E-state index is 0. The first kappa shape index (κ1) is 21.5. The van der Waals surface area contributed by atoms with Gasteiger partial charge in [-0.25, -0.2) is 0 Å². The largest absolute Gasteiger partial charge is 0.344 e. The van der Waals surface area contributed by atoms with Crippen molar-refractivity contribution in [2.75, 3.05) is 26.2 Å². The molecule has 1 aliphatic rings. The number of hydrogen-bond donors (Lipinski definition) is 1. The lowest BCUT2D eigenvalue weighted by Crippen LogP contribution is -2.47. The van der Waals surface area contributed by atoms with Gasteiger partial charge in [0.1, 0.15) is 0 Å². The molecule has 152 valence electrons. The van der Waals surface area contributed by atoms with E-state index in [2.05, 4.69) is 83.5 Å². The molecule has 1 saturated heterocycles. The van der Waals surface area contributed by atoms with Crippen LogP contribution in [0, 0.1) is 6.92 Å². The van der Waals surface area contributed by atoms with E-state index in [9.17, 15) is 0 Å². The number of aryl methyl sites for hydroxylation is 1. The molecule has 0 aliphatic carbocycles. The fourth-order valence-electron chi connectivity index (χ4n) is 4.14. The summed E-state index contributed by atoms with van der Waals surface area (Å²) in [6.07, 6.45) is 0. The molecule has 1 fully saturated rings. The monoisotopic (exact) mass is 407 g/mol. The van der Waals surface area contributed by atoms with Gasteiger partial charge in [-0.05, 0) is 35.7 Å². The Kier molecular flexibility index (Phi) is 7.45. The molecule has 0 spiro atoms. The second-order valence-corrected chi connectivity index (χ2v) is 8.10. The van der Waals surface area contributed by atoms with Gasteiger partial charge in [0.25, 0.3) is 0 Å². The lowest BCUT2D eigenvalue weighted by Gasteiger charge is -2.40. The van der Waals surface area contributed by atoms with E-state index in [1.807, 2.05) is 12.1 Å². The molecule has 0 aromatic heterocycles. The van der Waals surface area contributed by atoms with Crippen LogP contribution in [-0.2, 0) is 6.54 Å². The van der Waals surface area contributed by atoms with Crippen LogP contribution < -0.4 is 6.15 Å². The maximum Gasteiger partial charge on any atom is 0.0602 e. The molecular formula is C25H30ClN3. The molecule has 0 saturated carbocycles. The van der Waals surface area contributed by atoms with Gasteiger partial charge >= 0.3 is 0 Å². The summed E-state index contributed by atoms with van der Waals surface area (Å²) in [7, 11) is 0. The van der Waals surface area contributed by atoms with Gasteiger partial charge in [0.2, 0.25) is 0 Å². The van der Waals surface area contributed by atoms with Gasteiger partial charge in [0.05, 0.1) is 6.04 Å². The Labute approximate surface area is 179 Å². The molecule has 3 N–H and O–H groups in total. The number of piperazine rings is 1. The summed E-state index contributed by atoms with van der Waals surface area (Å²) in [5.41, 5.74) is 5.40. The molecule has 1 atom stereocenters. The third-order valence-corrected chi connectivity index (χ3v) is 5.81. The summed E-state index contributed by atoms with van der Waals surface area (Å²) in [6.45, 7) is 7.50. The normalized spacial score (nSPS) is 16.2. The highest BCUT2D eigenvalue weighted by Crippen LogP contribution is 2.30. The Hall–Kier alpha value is -2.17. The first-order chi connectivity index (χ1) is 13.7. The smallest absolute Gasteiger partial charge is 0.0602 e. The summed E-state index contributed by atoms with van der Waals surface area (Å²) >= 11 is 6.14. The van der Waals surface area contributed by atoms with Crippen LogP contribution in [-0.4, -0.2) is 36.0 Å². The Bertz CT molecular complexity index is 887. The van der Waals surface area contributed by atoms with Crippen molar-refractivity contribution in [2.24, 2.45) is 0 Å². The van der Waals surface area contributed by atoms with Crippen molar-refractivity contribution in [3.63, 3.8) is 0 Å². The van der Waals surface area contributed by atoms with Gasteiger partial charge in [-0.3, -0.25) is 9.80 Å². The minimum absolute atomic E-state index is 0. The summed E-state index contributed by atoms with van der Waals surface area (Å²) in [6, 6.07) is 28.3. The molecule has 0 bridgehead atoms. The van der Waals surface area contributed by atoms with Crippen LogP contribution in [0.5, 0.6) is 0 Å². The molecule has 3 aromatic carbocycles. The van der Waals surface area contributed by atoms with Crippen molar-refractivity contribution in [1.29, 1.82) is 0 Å². The number of rotatable bonds is 5. The predicted molar refractivity (Wildman–Crippen MR) is 123 cm³/mol. The van der Waals surface area contributed by atoms with E-state index in [0.29, 0.717) is 0 Å². The standard InChI is InChI=1S/C25H27ClN2.H3N/c1-20-6-5-7-21(18-20)19-27-14-16-28(17-15-27)25(22-8-3-2-4-9-22)23-10-12-24(26)13-11-23;/h2-13,18,25H,14-17,19H2,1H3;1H3. The minimum Gasteiger partial charge on any atom is -0.344 e. The molecule has 4 heteroatoms. The molecule has 4 rings (SSSR count). The number of benzene rings is 3. The van der Waals surface area contributed by atoms with Gasteiger partial charge in [0.15, 0.2) is 0 Å². The van der Waals surface area contributed by atoms with E-state index in [4.69, 9.17) is 11.6 Å². The molecule has 3 nitrogen and oxygen atoms in total. The third-order valence-electron chi connectivity index (χ3n) is 5.56. The number of nitrogens with zero attached hydrogens (tertiary/aromatic N) is 2. The summed E-state index contributed by atoms with van der Waals surface area (Å²) in [5.74, 6) is 0. The average Bonchev–Trinajstić information content (AvgIpc) is 2.72. The van der Waals surface area contributed by atoms with Crippen LogP contribution in [0.1, 0.15) is 28.3 Å². The van der Waals surface area contributed by atoms with Crippen molar-refractivity contribution in [3.8, 4) is 0 Å². The Morgan fingerprint density at radius 2 is 1.45 bits per heavy atom. The topological polar surface area (TPSA) is 41.5 Å². The van der Waals surface area contributed by atoms with Crippen LogP contribution in [0.3, 0.4) is 0 Å². The highest BCUT2D eigenvalue weighted by molar-refractivity contribution is 6.30. The van der Waals surface area contributed by atoms with Crippen LogP contribution in [0.4, 0.5) is 0 Å². The molecule has 29 heavy (non-hydrogen) atoms. The molecule has 1 unspecified atom stereocenters. The predicted octanol–water partition coefficient (Wildman–Crippen LogP) is 5.72. The molecule has 0 radical (unpaired) electrons. The van der Waals surface area contributed by atoms with Crippen LogP contribution in [0.15, 0.2) is 78.9 Å². The van der Waals surface area contributed by atoms with Gasteiger partial charge in [-0.15, -0.1) is 0 Å². The van der Waals surface area contributed by atoms with Gasteiger partial charge in [0, 0.05) is 37.7 Å². The van der Waals surface area contributed by atoms with E-state index < -0.39 is 0 Å². The summed E-state index contributed by atoms with van der Waals surface area (Å²) in [4.78, 5) is 5.17. The van der Waals surface area contributed by atoms with Gasteiger partial charge in [-0.2, -0.15) is 0 Å². The zero-order valence-electron chi connectivity index (χ0n) is 17.1. The molecule has 3 aromatic rings. The second kappa shape index (κ2) is 10.0. The van der Waals surface area contributed by atoms with E-state index in [1.165, 1.54) is 22.3 Å². The first-order valence-corrected chi connectivity index (χ1v) is 10.4. The lowest BCUT2D eigenvalue weighted by molar-refractivity contribution is 0.105. The zero-order valence-corrected chi connectivity index (χ0v) is 17.9. The van der Waals surface area contributed by atoms with Gasteiger partial charge in [-0.1, -0.05) is 83.9 Å². The first-order valence-electron chi connectivity index (χ1n) is 10.0. The lowest BCUT2D eigenvalue weighted by atomic mass is 9.96. The SMILES string of the molecule is Cc1cccc(CN2CCN(C(c3ccccc3)c3ccc(Cl)cc3)CC2)c1.N. The number of hydrogen-bond acceptors (Lipinski definition) is 3. The number of halogens is 1. The fourth-order valence-corrected chi connectivity index (χ4v) is 4.27. The van der Waals surface area contributed by atoms with Crippen molar-refractivity contribution in [3.05, 3.63) is 106 Å². The highest BCUT2D eigenvalue weighted by Gasteiger charge is 2.26. The van der Waals surface area contributed by atoms with E-state index in [0.717, 1.165) is 37.7 Å². The zero-order chi connectivity index (χ0) is 19.3. The Morgan fingerprint density at radius 3 is 2.10 bits per heavy atom. The fraction of sp³-hybridized carbons (Fsp3) is 0.280. The van der Waals surface area contributed by atoms with E-state index >= 15 is 0 Å². The highest BCUT2D eigenvalue weighted by atomic mass is 35.5. The molecule has 1 aliphatic heterocycles. The van der Waals surface area contributed by atoms with Crippen molar-refractivity contribution < 1.29 is 0 Å². The quantitative estimate of drug-likeness (QED) is 0.588. The van der Waals surface area contributed by atoms with Crippen LogP contribution >= 0.6 is 11.6 Å². The Balaban J connectivity index is 0.00000240. The molecular weight excluding hydrogens is 378 g/mol.